The summed E-state index contributed by atoms with van der Waals surface area (Å²) in [5.74, 6) is 0.298. The molecule has 0 fully saturated rings. The topological polar surface area (TPSA) is 62.7 Å². The molecule has 1 unspecified atom stereocenters. The highest BCUT2D eigenvalue weighted by molar-refractivity contribution is 5.54. The van der Waals surface area contributed by atoms with Gasteiger partial charge in [0.2, 0.25) is 11.7 Å². The summed E-state index contributed by atoms with van der Waals surface area (Å²) in [6.07, 6.45) is 1.76. The van der Waals surface area contributed by atoms with E-state index < -0.39 is 0 Å². The maximum Gasteiger partial charge on any atom is 0.227 e. The van der Waals surface area contributed by atoms with Crippen molar-refractivity contribution in [2.24, 2.45) is 5.41 Å². The molecular formula is C15H16FN3O. The second-order valence-electron chi connectivity index (χ2n) is 5.17. The van der Waals surface area contributed by atoms with Gasteiger partial charge in [-0.2, -0.15) is 10.2 Å². The molecule has 1 heterocycles. The van der Waals surface area contributed by atoms with E-state index in [9.17, 15) is 4.39 Å². The van der Waals surface area contributed by atoms with Gasteiger partial charge in [0.25, 0.3) is 0 Å². The zero-order chi connectivity index (χ0) is 14.6. The highest BCUT2D eigenvalue weighted by atomic mass is 19.1. The lowest BCUT2D eigenvalue weighted by Gasteiger charge is -2.22. The summed E-state index contributed by atoms with van der Waals surface area (Å²) < 4.78 is 18.8. The van der Waals surface area contributed by atoms with Crippen LogP contribution in [0.1, 0.15) is 32.6 Å². The lowest BCUT2D eigenvalue weighted by molar-refractivity contribution is 0.266. The van der Waals surface area contributed by atoms with Crippen molar-refractivity contribution in [1.29, 1.82) is 5.26 Å². The number of benzene rings is 1. The molecule has 5 heteroatoms. The van der Waals surface area contributed by atoms with Crippen molar-refractivity contribution < 1.29 is 8.91 Å². The molecule has 104 valence electrons. The average Bonchev–Trinajstić information content (AvgIpc) is 2.87. The first-order valence-corrected chi connectivity index (χ1v) is 6.52. The Hall–Kier alpha value is -2.22. The molecule has 0 radical (unpaired) electrons. The van der Waals surface area contributed by atoms with Gasteiger partial charge in [-0.1, -0.05) is 31.1 Å². The summed E-state index contributed by atoms with van der Waals surface area (Å²) in [4.78, 5) is 4.23. The second kappa shape index (κ2) is 5.83. The Labute approximate surface area is 117 Å². The van der Waals surface area contributed by atoms with Crippen molar-refractivity contribution in [2.45, 2.75) is 33.1 Å². The number of nitriles is 1. The molecule has 0 saturated heterocycles. The first kappa shape index (κ1) is 14.2. The van der Waals surface area contributed by atoms with Crippen LogP contribution in [0.4, 0.5) is 4.39 Å². The molecule has 20 heavy (non-hydrogen) atoms. The van der Waals surface area contributed by atoms with Crippen LogP contribution in [0.15, 0.2) is 28.8 Å². The third-order valence-electron chi connectivity index (χ3n) is 3.52. The van der Waals surface area contributed by atoms with Crippen LogP contribution in [-0.4, -0.2) is 10.1 Å². The minimum Gasteiger partial charge on any atom is -0.339 e. The largest absolute Gasteiger partial charge is 0.339 e. The summed E-state index contributed by atoms with van der Waals surface area (Å²) in [6.45, 7) is 4.02. The Morgan fingerprint density at radius 2 is 2.15 bits per heavy atom. The number of halogens is 1. The Morgan fingerprint density at radius 1 is 1.40 bits per heavy atom. The Morgan fingerprint density at radius 3 is 2.80 bits per heavy atom. The van der Waals surface area contributed by atoms with Gasteiger partial charge in [0.1, 0.15) is 5.82 Å². The van der Waals surface area contributed by atoms with Gasteiger partial charge in [-0.05, 0) is 24.0 Å². The van der Waals surface area contributed by atoms with Crippen molar-refractivity contribution >= 4 is 0 Å². The van der Waals surface area contributed by atoms with E-state index in [0.717, 1.165) is 6.42 Å². The van der Waals surface area contributed by atoms with Gasteiger partial charge in [0.15, 0.2) is 0 Å². The molecule has 0 aliphatic carbocycles. The molecule has 0 bridgehead atoms. The summed E-state index contributed by atoms with van der Waals surface area (Å²) in [5.41, 5.74) is 0.120. The molecule has 2 aromatic rings. The molecule has 0 saturated carbocycles. The number of nitrogens with zero attached hydrogens (tertiary/aromatic N) is 3. The zero-order valence-electron chi connectivity index (χ0n) is 11.6. The first-order valence-electron chi connectivity index (χ1n) is 6.52. The van der Waals surface area contributed by atoms with E-state index >= 15 is 0 Å². The van der Waals surface area contributed by atoms with Crippen molar-refractivity contribution in [1.82, 2.24) is 10.1 Å². The third kappa shape index (κ3) is 3.02. The Bertz CT molecular complexity index is 632. The van der Waals surface area contributed by atoms with E-state index in [2.05, 4.69) is 16.2 Å². The van der Waals surface area contributed by atoms with Gasteiger partial charge in [-0.25, -0.2) is 4.39 Å². The van der Waals surface area contributed by atoms with Crippen LogP contribution in [0, 0.1) is 22.6 Å². The van der Waals surface area contributed by atoms with Crippen molar-refractivity contribution in [3.63, 3.8) is 0 Å². The Balaban J connectivity index is 2.22. The molecule has 0 spiro atoms. The normalized spacial score (nSPS) is 13.7. The van der Waals surface area contributed by atoms with Crippen LogP contribution in [-0.2, 0) is 6.42 Å². The molecule has 0 amide bonds. The smallest absolute Gasteiger partial charge is 0.227 e. The molecule has 2 rings (SSSR count). The van der Waals surface area contributed by atoms with Gasteiger partial charge >= 0.3 is 0 Å². The quantitative estimate of drug-likeness (QED) is 0.832. The predicted molar refractivity (Wildman–Crippen MR) is 72.0 cm³/mol. The monoisotopic (exact) mass is 273 g/mol. The minimum absolute atomic E-state index is 0.201. The van der Waals surface area contributed by atoms with E-state index in [1.807, 2.05) is 13.8 Å². The lowest BCUT2D eigenvalue weighted by atomic mass is 9.81. The Kier molecular flexibility index (Phi) is 4.14. The van der Waals surface area contributed by atoms with Crippen LogP contribution < -0.4 is 0 Å². The van der Waals surface area contributed by atoms with E-state index in [4.69, 9.17) is 9.78 Å². The van der Waals surface area contributed by atoms with Crippen LogP contribution in [0.5, 0.6) is 0 Å². The number of rotatable bonds is 5. The van der Waals surface area contributed by atoms with E-state index in [1.165, 1.54) is 6.07 Å². The van der Waals surface area contributed by atoms with Gasteiger partial charge < -0.3 is 4.52 Å². The van der Waals surface area contributed by atoms with Crippen LogP contribution in [0.25, 0.3) is 11.4 Å². The predicted octanol–water partition coefficient (Wildman–Crippen LogP) is 3.75. The van der Waals surface area contributed by atoms with Gasteiger partial charge in [0.05, 0.1) is 11.6 Å². The van der Waals surface area contributed by atoms with E-state index in [0.29, 0.717) is 24.3 Å². The lowest BCUT2D eigenvalue weighted by Crippen LogP contribution is -2.18. The second-order valence-corrected chi connectivity index (χ2v) is 5.17. The maximum absolute atomic E-state index is 13.6. The highest BCUT2D eigenvalue weighted by Gasteiger charge is 2.26. The zero-order valence-corrected chi connectivity index (χ0v) is 11.6. The molecule has 1 atom stereocenters. The SMILES string of the molecule is CCC(C)(CC#N)Cc1nc(-c2ccccc2F)no1. The van der Waals surface area contributed by atoms with Crippen molar-refractivity contribution in [3.8, 4) is 17.5 Å². The third-order valence-corrected chi connectivity index (χ3v) is 3.52. The van der Waals surface area contributed by atoms with Gasteiger partial charge in [-0.3, -0.25) is 0 Å². The molecule has 0 N–H and O–H groups in total. The van der Waals surface area contributed by atoms with Crippen molar-refractivity contribution in [2.75, 3.05) is 0 Å². The summed E-state index contributed by atoms with van der Waals surface area (Å²) in [6, 6.07) is 8.48. The molecular weight excluding hydrogens is 257 g/mol. The fourth-order valence-corrected chi connectivity index (χ4v) is 1.95. The maximum atomic E-state index is 13.6. The highest BCUT2D eigenvalue weighted by Crippen LogP contribution is 2.30. The number of hydrogen-bond donors (Lipinski definition) is 0. The van der Waals surface area contributed by atoms with E-state index in [1.54, 1.807) is 18.2 Å². The number of hydrogen-bond acceptors (Lipinski definition) is 4. The summed E-state index contributed by atoms with van der Waals surface area (Å²) in [5, 5.41) is 12.7. The standard InChI is InChI=1S/C15H16FN3O/c1-3-15(2,8-9-17)10-13-18-14(19-20-13)11-6-4-5-7-12(11)16/h4-7H,3,8,10H2,1-2H3. The molecule has 1 aromatic carbocycles. The van der Waals surface area contributed by atoms with Gasteiger partial charge in [0, 0.05) is 12.8 Å². The minimum atomic E-state index is -0.380. The van der Waals surface area contributed by atoms with E-state index in [-0.39, 0.29) is 17.1 Å². The van der Waals surface area contributed by atoms with Gasteiger partial charge in [-0.15, -0.1) is 0 Å². The first-order chi connectivity index (χ1) is 9.58. The molecule has 1 aromatic heterocycles. The van der Waals surface area contributed by atoms with Crippen LogP contribution in [0.3, 0.4) is 0 Å². The van der Waals surface area contributed by atoms with Crippen molar-refractivity contribution in [3.05, 3.63) is 36.0 Å². The molecule has 0 aliphatic rings. The van der Waals surface area contributed by atoms with Crippen LogP contribution >= 0.6 is 0 Å². The summed E-state index contributed by atoms with van der Waals surface area (Å²) >= 11 is 0. The fraction of sp³-hybridized carbons (Fsp3) is 0.400. The fourth-order valence-electron chi connectivity index (χ4n) is 1.95. The molecule has 4 nitrogen and oxygen atoms in total. The molecule has 0 aliphatic heterocycles. The average molecular weight is 273 g/mol. The number of aromatic nitrogens is 2. The summed E-state index contributed by atoms with van der Waals surface area (Å²) in [7, 11) is 0. The van der Waals surface area contributed by atoms with Crippen LogP contribution in [0.2, 0.25) is 0 Å².